The lowest BCUT2D eigenvalue weighted by Gasteiger charge is -2.25. The van der Waals surface area contributed by atoms with Crippen LogP contribution in [0.15, 0.2) is 18.2 Å². The third-order valence-electron chi connectivity index (χ3n) is 3.95. The number of hydrogen-bond acceptors (Lipinski definition) is 4. The molecule has 1 aliphatic rings. The molecule has 0 saturated heterocycles. The van der Waals surface area contributed by atoms with Crippen LogP contribution in [0.3, 0.4) is 0 Å². The van der Waals surface area contributed by atoms with E-state index in [2.05, 4.69) is 9.97 Å². The molecule has 0 radical (unpaired) electrons. The van der Waals surface area contributed by atoms with Crippen LogP contribution in [-0.2, 0) is 13.0 Å². The van der Waals surface area contributed by atoms with Crippen LogP contribution in [0.5, 0.6) is 0 Å². The fraction of sp³-hybridized carbons (Fsp3) is 0.200. The highest BCUT2D eigenvalue weighted by atomic mass is 35.5. The summed E-state index contributed by atoms with van der Waals surface area (Å²) in [6.45, 7) is 1.04. The Labute approximate surface area is 139 Å². The normalized spacial score (nSPS) is 14.3. The topological polar surface area (TPSA) is 75.0 Å². The summed E-state index contributed by atoms with van der Waals surface area (Å²) in [5, 5.41) is 1.17. The van der Waals surface area contributed by atoms with Crippen molar-refractivity contribution in [3.63, 3.8) is 0 Å². The number of nitrogens with one attached hydrogen (secondary N) is 1. The molecule has 4 rings (SSSR count). The van der Waals surface area contributed by atoms with Gasteiger partial charge in [-0.25, -0.2) is 9.37 Å². The molecule has 0 fully saturated rings. The Morgan fingerprint density at radius 3 is 3.13 bits per heavy atom. The average Bonchev–Trinajstić information content (AvgIpc) is 3.12. The second kappa shape index (κ2) is 5.21. The number of fused-ring (bicyclic) bond motifs is 2. The quantitative estimate of drug-likeness (QED) is 0.707. The summed E-state index contributed by atoms with van der Waals surface area (Å²) >= 11 is 7.18. The van der Waals surface area contributed by atoms with Crippen molar-refractivity contribution < 1.29 is 9.18 Å². The summed E-state index contributed by atoms with van der Waals surface area (Å²) in [7, 11) is 0. The van der Waals surface area contributed by atoms with Crippen LogP contribution in [0.1, 0.15) is 21.1 Å². The van der Waals surface area contributed by atoms with Gasteiger partial charge in [-0.2, -0.15) is 0 Å². The molecule has 0 unspecified atom stereocenters. The number of carbonyl (C=O) groups is 1. The molecule has 8 heteroatoms. The maximum Gasteiger partial charge on any atom is 0.270 e. The largest absolute Gasteiger partial charge is 0.375 e. The molecule has 1 amide bonds. The summed E-state index contributed by atoms with van der Waals surface area (Å²) in [6.07, 6.45) is 0.676. The number of nitrogens with zero attached hydrogens (tertiary/aromatic N) is 2. The molecule has 0 spiro atoms. The van der Waals surface area contributed by atoms with Crippen LogP contribution in [0.25, 0.3) is 10.9 Å². The van der Waals surface area contributed by atoms with E-state index in [0.29, 0.717) is 35.7 Å². The predicted molar refractivity (Wildman–Crippen MR) is 88.2 cm³/mol. The minimum absolute atomic E-state index is 0.0288. The van der Waals surface area contributed by atoms with Gasteiger partial charge in [0.1, 0.15) is 5.69 Å². The molecule has 1 aromatic carbocycles. The highest BCUT2D eigenvalue weighted by Gasteiger charge is 2.25. The number of aromatic amines is 1. The van der Waals surface area contributed by atoms with Crippen molar-refractivity contribution >= 4 is 44.9 Å². The van der Waals surface area contributed by atoms with E-state index in [1.807, 2.05) is 0 Å². The van der Waals surface area contributed by atoms with Crippen molar-refractivity contribution in [2.24, 2.45) is 0 Å². The van der Waals surface area contributed by atoms with Gasteiger partial charge in [0.15, 0.2) is 10.9 Å². The molecule has 1 aliphatic heterocycles. The van der Waals surface area contributed by atoms with Gasteiger partial charge < -0.3 is 15.6 Å². The zero-order valence-corrected chi connectivity index (χ0v) is 13.5. The number of aromatic nitrogens is 2. The monoisotopic (exact) mass is 350 g/mol. The molecule has 0 aliphatic carbocycles. The minimum Gasteiger partial charge on any atom is -0.375 e. The SMILES string of the molecule is Nc1nc2c(s1)CN(C(=O)c1cc3ccc(Cl)c(F)c3[nH]1)CC2. The molecule has 0 bridgehead atoms. The molecular formula is C15H12ClFN4OS. The van der Waals surface area contributed by atoms with Gasteiger partial charge in [0.05, 0.1) is 22.8 Å². The van der Waals surface area contributed by atoms with E-state index in [1.54, 1.807) is 17.0 Å². The van der Waals surface area contributed by atoms with Gasteiger partial charge in [0.2, 0.25) is 0 Å². The van der Waals surface area contributed by atoms with Gasteiger partial charge in [-0.15, -0.1) is 11.3 Å². The van der Waals surface area contributed by atoms with Crippen LogP contribution >= 0.6 is 22.9 Å². The molecule has 3 heterocycles. The van der Waals surface area contributed by atoms with E-state index < -0.39 is 5.82 Å². The first-order valence-corrected chi connectivity index (χ1v) is 8.22. The van der Waals surface area contributed by atoms with Gasteiger partial charge in [-0.05, 0) is 12.1 Å². The first-order chi connectivity index (χ1) is 11.0. The Kier molecular flexibility index (Phi) is 3.28. The molecule has 0 saturated carbocycles. The van der Waals surface area contributed by atoms with Gasteiger partial charge in [0, 0.05) is 23.2 Å². The number of carbonyl (C=O) groups excluding carboxylic acids is 1. The lowest BCUT2D eigenvalue weighted by Crippen LogP contribution is -2.35. The number of amides is 1. The fourth-order valence-electron chi connectivity index (χ4n) is 2.81. The van der Waals surface area contributed by atoms with Crippen molar-refractivity contribution in [2.75, 3.05) is 12.3 Å². The lowest BCUT2D eigenvalue weighted by molar-refractivity contribution is 0.0731. The molecule has 3 aromatic rings. The summed E-state index contributed by atoms with van der Waals surface area (Å²) < 4.78 is 14.0. The maximum absolute atomic E-state index is 14.0. The molecule has 3 N–H and O–H groups in total. The van der Waals surface area contributed by atoms with Gasteiger partial charge in [0.25, 0.3) is 5.91 Å². The Bertz CT molecular complexity index is 935. The highest BCUT2D eigenvalue weighted by Crippen LogP contribution is 2.29. The maximum atomic E-state index is 14.0. The molecule has 0 atom stereocenters. The number of anilines is 1. The van der Waals surface area contributed by atoms with E-state index in [0.717, 1.165) is 10.6 Å². The van der Waals surface area contributed by atoms with Gasteiger partial charge in [-0.3, -0.25) is 4.79 Å². The van der Waals surface area contributed by atoms with E-state index in [9.17, 15) is 9.18 Å². The van der Waals surface area contributed by atoms with Gasteiger partial charge in [-0.1, -0.05) is 17.7 Å². The van der Waals surface area contributed by atoms with Crippen molar-refractivity contribution in [1.29, 1.82) is 0 Å². The molecular weight excluding hydrogens is 339 g/mol. The number of nitrogen functional groups attached to an aromatic ring is 1. The number of rotatable bonds is 1. The Morgan fingerprint density at radius 2 is 2.30 bits per heavy atom. The smallest absolute Gasteiger partial charge is 0.270 e. The lowest BCUT2D eigenvalue weighted by atomic mass is 10.1. The van der Waals surface area contributed by atoms with Crippen LogP contribution < -0.4 is 5.73 Å². The third-order valence-corrected chi connectivity index (χ3v) is 5.16. The van der Waals surface area contributed by atoms with Crippen molar-refractivity contribution in [2.45, 2.75) is 13.0 Å². The number of hydrogen-bond donors (Lipinski definition) is 2. The standard InChI is InChI=1S/C15H12ClFN4OS/c16-8-2-1-7-5-10(19-13(7)12(8)17)14(22)21-4-3-9-11(6-21)23-15(18)20-9/h1-2,5,19H,3-4,6H2,(H2,18,20). The van der Waals surface area contributed by atoms with Crippen LogP contribution in [0.2, 0.25) is 5.02 Å². The Morgan fingerprint density at radius 1 is 1.48 bits per heavy atom. The van der Waals surface area contributed by atoms with Crippen LogP contribution in [-0.4, -0.2) is 27.3 Å². The summed E-state index contributed by atoms with van der Waals surface area (Å²) in [5.74, 6) is -0.714. The third kappa shape index (κ3) is 2.36. The number of thiazole rings is 1. The van der Waals surface area contributed by atoms with E-state index in [1.165, 1.54) is 17.4 Å². The first kappa shape index (κ1) is 14.5. The molecule has 2 aromatic heterocycles. The fourth-order valence-corrected chi connectivity index (χ4v) is 3.87. The Hall–Kier alpha value is -2.12. The second-order valence-electron chi connectivity index (χ2n) is 5.41. The molecule has 5 nitrogen and oxygen atoms in total. The predicted octanol–water partition coefficient (Wildman–Crippen LogP) is 3.20. The van der Waals surface area contributed by atoms with Crippen molar-refractivity contribution in [1.82, 2.24) is 14.9 Å². The summed E-state index contributed by atoms with van der Waals surface area (Å²) in [4.78, 5) is 22.5. The van der Waals surface area contributed by atoms with Crippen LogP contribution in [0, 0.1) is 5.82 Å². The van der Waals surface area contributed by atoms with Crippen molar-refractivity contribution in [3.05, 3.63) is 45.3 Å². The van der Waals surface area contributed by atoms with E-state index in [4.69, 9.17) is 17.3 Å². The number of halogens is 2. The highest BCUT2D eigenvalue weighted by molar-refractivity contribution is 7.15. The number of benzene rings is 1. The average molecular weight is 351 g/mol. The van der Waals surface area contributed by atoms with Gasteiger partial charge >= 0.3 is 0 Å². The second-order valence-corrected chi connectivity index (χ2v) is 6.93. The molecule has 23 heavy (non-hydrogen) atoms. The van der Waals surface area contributed by atoms with Crippen molar-refractivity contribution in [3.8, 4) is 0 Å². The summed E-state index contributed by atoms with van der Waals surface area (Å²) in [6, 6.07) is 4.81. The van der Waals surface area contributed by atoms with E-state index in [-0.39, 0.29) is 16.4 Å². The number of H-pyrrole nitrogens is 1. The molecule has 118 valence electrons. The minimum atomic E-state index is -0.542. The summed E-state index contributed by atoms with van der Waals surface area (Å²) in [5.41, 5.74) is 7.28. The van der Waals surface area contributed by atoms with Crippen LogP contribution in [0.4, 0.5) is 9.52 Å². The number of nitrogens with two attached hydrogens (primary N) is 1. The Balaban J connectivity index is 1.66. The zero-order chi connectivity index (χ0) is 16.1. The van der Waals surface area contributed by atoms with E-state index >= 15 is 0 Å². The zero-order valence-electron chi connectivity index (χ0n) is 11.9. The first-order valence-electron chi connectivity index (χ1n) is 7.03.